The van der Waals surface area contributed by atoms with Gasteiger partial charge >= 0.3 is 0 Å². The minimum atomic E-state index is -0.896. The van der Waals surface area contributed by atoms with Gasteiger partial charge in [-0.2, -0.15) is 0 Å². The number of fused-ring (bicyclic) bond motifs is 1. The number of ether oxygens (including phenoxy) is 1. The molecule has 24 heavy (non-hydrogen) atoms. The number of methoxy groups -OCH3 is 1. The largest absolute Gasteiger partial charge is 0.504 e. The lowest BCUT2D eigenvalue weighted by Crippen LogP contribution is -2.03. The zero-order chi connectivity index (χ0) is 17.6. The minimum absolute atomic E-state index is 0.0910. The highest BCUT2D eigenvalue weighted by Crippen LogP contribution is 2.44. The van der Waals surface area contributed by atoms with Crippen molar-refractivity contribution in [3.8, 4) is 45.8 Å². The lowest BCUT2D eigenvalue weighted by Gasteiger charge is -2.11. The Bertz CT molecular complexity index is 1020. The van der Waals surface area contributed by atoms with Gasteiger partial charge in [-0.05, 0) is 24.3 Å². The van der Waals surface area contributed by atoms with E-state index in [0.29, 0.717) is 0 Å². The molecule has 3 rings (SSSR count). The van der Waals surface area contributed by atoms with Crippen LogP contribution in [0.5, 0.6) is 34.5 Å². The highest BCUT2D eigenvalue weighted by molar-refractivity contribution is 5.90. The van der Waals surface area contributed by atoms with Crippen LogP contribution < -0.4 is 10.2 Å². The summed E-state index contributed by atoms with van der Waals surface area (Å²) < 4.78 is 10.2. The average molecular weight is 332 g/mol. The van der Waals surface area contributed by atoms with Crippen molar-refractivity contribution in [3.63, 3.8) is 0 Å². The molecule has 3 aromatic rings. The van der Waals surface area contributed by atoms with Crippen LogP contribution in [-0.2, 0) is 0 Å². The molecule has 0 aliphatic carbocycles. The first-order valence-corrected chi connectivity index (χ1v) is 6.66. The smallest absolute Gasteiger partial charge is 0.235 e. The average Bonchev–Trinajstić information content (AvgIpc) is 2.54. The van der Waals surface area contributed by atoms with Gasteiger partial charge in [0, 0.05) is 5.56 Å². The number of benzene rings is 2. The van der Waals surface area contributed by atoms with Crippen LogP contribution in [-0.4, -0.2) is 32.6 Å². The molecule has 0 bridgehead atoms. The number of phenolic OH excluding ortho intramolecular Hbond substituents is 4. The van der Waals surface area contributed by atoms with Crippen LogP contribution in [0.15, 0.2) is 33.5 Å². The van der Waals surface area contributed by atoms with Gasteiger partial charge in [-0.25, -0.2) is 0 Å². The van der Waals surface area contributed by atoms with Crippen molar-refractivity contribution in [2.75, 3.05) is 7.11 Å². The van der Waals surface area contributed by atoms with Crippen molar-refractivity contribution in [1.29, 1.82) is 0 Å². The van der Waals surface area contributed by atoms with E-state index in [-0.39, 0.29) is 28.0 Å². The van der Waals surface area contributed by atoms with E-state index in [4.69, 9.17) is 9.15 Å². The molecular weight excluding hydrogens is 320 g/mol. The van der Waals surface area contributed by atoms with Crippen LogP contribution in [0.25, 0.3) is 22.3 Å². The second kappa shape index (κ2) is 5.27. The lowest BCUT2D eigenvalue weighted by molar-refractivity contribution is 0.343. The van der Waals surface area contributed by atoms with Crippen molar-refractivity contribution in [3.05, 3.63) is 34.5 Å². The van der Waals surface area contributed by atoms with Crippen LogP contribution in [0.2, 0.25) is 0 Å². The summed E-state index contributed by atoms with van der Waals surface area (Å²) in [7, 11) is 1.21. The van der Waals surface area contributed by atoms with Crippen molar-refractivity contribution in [1.82, 2.24) is 0 Å². The number of phenols is 4. The Kier molecular flexibility index (Phi) is 3.37. The van der Waals surface area contributed by atoms with E-state index in [2.05, 4.69) is 0 Å². The summed E-state index contributed by atoms with van der Waals surface area (Å²) in [5.41, 5.74) is -1.12. The summed E-state index contributed by atoms with van der Waals surface area (Å²) >= 11 is 0. The highest BCUT2D eigenvalue weighted by atomic mass is 16.5. The minimum Gasteiger partial charge on any atom is -0.504 e. The molecule has 0 saturated heterocycles. The molecule has 1 aromatic heterocycles. The second-order valence-corrected chi connectivity index (χ2v) is 4.97. The van der Waals surface area contributed by atoms with Gasteiger partial charge in [0.15, 0.2) is 28.6 Å². The molecular formula is C16H12O8. The standard InChI is InChI=1S/C16H12O8/c1-23-16-10(19)5-7-11(20)12(21)14(24-15(7)13(16)22)6-2-3-8(17)9(18)4-6/h2-5,17-19,21-22H,1H3. The summed E-state index contributed by atoms with van der Waals surface area (Å²) in [6, 6.07) is 4.52. The van der Waals surface area contributed by atoms with Crippen LogP contribution in [0, 0.1) is 0 Å². The zero-order valence-electron chi connectivity index (χ0n) is 12.3. The van der Waals surface area contributed by atoms with Gasteiger partial charge in [0.2, 0.25) is 22.7 Å². The Hall–Kier alpha value is -3.55. The summed E-state index contributed by atoms with van der Waals surface area (Å²) in [5, 5.41) is 48.6. The van der Waals surface area contributed by atoms with E-state index >= 15 is 0 Å². The van der Waals surface area contributed by atoms with Crippen LogP contribution >= 0.6 is 0 Å². The molecule has 0 radical (unpaired) electrons. The third-order valence-electron chi connectivity index (χ3n) is 3.51. The molecule has 0 amide bonds. The molecule has 124 valence electrons. The lowest BCUT2D eigenvalue weighted by atomic mass is 10.1. The molecule has 0 aliphatic rings. The van der Waals surface area contributed by atoms with E-state index in [0.717, 1.165) is 18.2 Å². The van der Waals surface area contributed by atoms with Crippen molar-refractivity contribution in [2.24, 2.45) is 0 Å². The molecule has 0 saturated carbocycles. The number of hydrogen-bond donors (Lipinski definition) is 5. The second-order valence-electron chi connectivity index (χ2n) is 4.97. The predicted molar refractivity (Wildman–Crippen MR) is 82.8 cm³/mol. The summed E-state index contributed by atoms with van der Waals surface area (Å²) in [6.07, 6.45) is 0. The maximum atomic E-state index is 12.3. The summed E-state index contributed by atoms with van der Waals surface area (Å²) in [6.45, 7) is 0. The van der Waals surface area contributed by atoms with E-state index in [1.165, 1.54) is 13.2 Å². The van der Waals surface area contributed by atoms with E-state index < -0.39 is 34.2 Å². The molecule has 0 spiro atoms. The molecule has 5 N–H and O–H groups in total. The fourth-order valence-corrected chi connectivity index (χ4v) is 2.33. The Morgan fingerprint density at radius 2 is 1.62 bits per heavy atom. The number of hydrogen-bond acceptors (Lipinski definition) is 8. The Morgan fingerprint density at radius 1 is 0.917 bits per heavy atom. The Labute approximate surface area is 134 Å². The molecule has 1 heterocycles. The maximum absolute atomic E-state index is 12.3. The van der Waals surface area contributed by atoms with Gasteiger partial charge in [0.05, 0.1) is 12.5 Å². The highest BCUT2D eigenvalue weighted by Gasteiger charge is 2.22. The van der Waals surface area contributed by atoms with E-state index in [1.807, 2.05) is 0 Å². The third-order valence-corrected chi connectivity index (χ3v) is 3.51. The first-order valence-electron chi connectivity index (χ1n) is 6.66. The SMILES string of the molecule is COc1c(O)cc2c(=O)c(O)c(-c3ccc(O)c(O)c3)oc2c1O. The molecule has 8 heteroatoms. The van der Waals surface area contributed by atoms with Gasteiger partial charge in [-0.15, -0.1) is 0 Å². The summed E-state index contributed by atoms with van der Waals surface area (Å²) in [4.78, 5) is 12.3. The van der Waals surface area contributed by atoms with Gasteiger partial charge in [0.1, 0.15) is 0 Å². The molecule has 0 unspecified atom stereocenters. The van der Waals surface area contributed by atoms with Crippen molar-refractivity contribution in [2.45, 2.75) is 0 Å². The van der Waals surface area contributed by atoms with Crippen LogP contribution in [0.4, 0.5) is 0 Å². The molecule has 8 nitrogen and oxygen atoms in total. The molecule has 0 fully saturated rings. The first kappa shape index (κ1) is 15.3. The normalized spacial score (nSPS) is 10.9. The van der Waals surface area contributed by atoms with Gasteiger partial charge in [-0.3, -0.25) is 4.79 Å². The monoisotopic (exact) mass is 332 g/mol. The number of aromatic hydroxyl groups is 5. The molecule has 0 aliphatic heterocycles. The first-order chi connectivity index (χ1) is 11.3. The third kappa shape index (κ3) is 2.12. The Morgan fingerprint density at radius 3 is 2.25 bits per heavy atom. The molecule has 0 atom stereocenters. The van der Waals surface area contributed by atoms with Crippen molar-refractivity contribution < 1.29 is 34.7 Å². The van der Waals surface area contributed by atoms with E-state index in [1.54, 1.807) is 0 Å². The zero-order valence-corrected chi connectivity index (χ0v) is 12.3. The summed E-state index contributed by atoms with van der Waals surface area (Å²) in [5.74, 6) is -3.39. The molecule has 2 aromatic carbocycles. The maximum Gasteiger partial charge on any atom is 0.235 e. The number of rotatable bonds is 2. The van der Waals surface area contributed by atoms with Gasteiger partial charge in [0.25, 0.3) is 0 Å². The topological polar surface area (TPSA) is 141 Å². The predicted octanol–water partition coefficient (Wildman–Crippen LogP) is 2.00. The fourth-order valence-electron chi connectivity index (χ4n) is 2.33. The van der Waals surface area contributed by atoms with Gasteiger partial charge in [-0.1, -0.05) is 0 Å². The van der Waals surface area contributed by atoms with E-state index in [9.17, 15) is 30.3 Å². The Balaban J connectivity index is 2.40. The quantitative estimate of drug-likeness (QED) is 0.449. The fraction of sp³-hybridized carbons (Fsp3) is 0.0625. The van der Waals surface area contributed by atoms with Crippen molar-refractivity contribution >= 4 is 11.0 Å². The van der Waals surface area contributed by atoms with Crippen LogP contribution in [0.1, 0.15) is 0 Å². The van der Waals surface area contributed by atoms with Gasteiger partial charge < -0.3 is 34.7 Å². The van der Waals surface area contributed by atoms with Crippen LogP contribution in [0.3, 0.4) is 0 Å².